The number of aliphatic imine (C=N–C) groups is 1. The number of halogens is 1. The molecule has 0 spiro atoms. The summed E-state index contributed by atoms with van der Waals surface area (Å²) in [5, 5.41) is 13.8. The molecule has 8 nitrogen and oxygen atoms in total. The van der Waals surface area contributed by atoms with Crippen molar-refractivity contribution in [3.8, 4) is 5.75 Å². The summed E-state index contributed by atoms with van der Waals surface area (Å²) in [5.74, 6) is 1.32. The minimum atomic E-state index is -0.125. The normalized spacial score (nSPS) is 10.9. The molecule has 0 aliphatic carbocycles. The molecule has 1 heterocycles. The second kappa shape index (κ2) is 14.7. The van der Waals surface area contributed by atoms with Crippen LogP contribution in [0, 0.1) is 13.8 Å². The molecule has 172 valence electrons. The lowest BCUT2D eigenvalue weighted by molar-refractivity contribution is -0.122. The van der Waals surface area contributed by atoms with Crippen molar-refractivity contribution in [2.45, 2.75) is 47.2 Å². The standard InChI is InChI=1S/C22H34N6O2.HI/c1-5-23-21(29)16-30-20-10-7-9-19(14-20)15-26-22(24-6-2)25-11-8-12-28-18(4)13-17(3)27-28;/h7,9-10,13-14H,5-6,8,11-12,15-16H2,1-4H3,(H,23,29)(H2,24,25,26);1H. The highest BCUT2D eigenvalue weighted by Gasteiger charge is 2.04. The van der Waals surface area contributed by atoms with Gasteiger partial charge in [-0.25, -0.2) is 4.99 Å². The summed E-state index contributed by atoms with van der Waals surface area (Å²) < 4.78 is 7.58. The van der Waals surface area contributed by atoms with Gasteiger partial charge in [-0.05, 0) is 57.9 Å². The van der Waals surface area contributed by atoms with E-state index in [1.54, 1.807) is 0 Å². The number of aromatic nitrogens is 2. The maximum absolute atomic E-state index is 11.5. The lowest BCUT2D eigenvalue weighted by Crippen LogP contribution is -2.38. The van der Waals surface area contributed by atoms with E-state index in [4.69, 9.17) is 4.74 Å². The van der Waals surface area contributed by atoms with Gasteiger partial charge in [0.05, 0.1) is 12.2 Å². The Labute approximate surface area is 202 Å². The lowest BCUT2D eigenvalue weighted by Gasteiger charge is -2.12. The summed E-state index contributed by atoms with van der Waals surface area (Å²) in [7, 11) is 0. The molecule has 1 aromatic carbocycles. The van der Waals surface area contributed by atoms with Crippen molar-refractivity contribution in [1.29, 1.82) is 0 Å². The molecule has 0 aliphatic rings. The van der Waals surface area contributed by atoms with Crippen LogP contribution in [-0.4, -0.2) is 47.9 Å². The molecule has 0 aliphatic heterocycles. The highest BCUT2D eigenvalue weighted by Crippen LogP contribution is 2.14. The predicted molar refractivity (Wildman–Crippen MR) is 135 cm³/mol. The average molecular weight is 542 g/mol. The van der Waals surface area contributed by atoms with Gasteiger partial charge < -0.3 is 20.7 Å². The number of carbonyl (C=O) groups excluding carboxylic acids is 1. The van der Waals surface area contributed by atoms with Crippen LogP contribution in [0.4, 0.5) is 0 Å². The van der Waals surface area contributed by atoms with Crippen LogP contribution in [0.15, 0.2) is 35.3 Å². The van der Waals surface area contributed by atoms with Gasteiger partial charge in [0.25, 0.3) is 5.91 Å². The van der Waals surface area contributed by atoms with Crippen LogP contribution in [0.1, 0.15) is 37.2 Å². The highest BCUT2D eigenvalue weighted by molar-refractivity contribution is 14.0. The fourth-order valence-corrected chi connectivity index (χ4v) is 2.98. The van der Waals surface area contributed by atoms with Crippen molar-refractivity contribution in [2.24, 2.45) is 4.99 Å². The maximum atomic E-state index is 11.5. The van der Waals surface area contributed by atoms with E-state index < -0.39 is 0 Å². The minimum Gasteiger partial charge on any atom is -0.484 e. The van der Waals surface area contributed by atoms with E-state index in [1.807, 2.05) is 49.7 Å². The van der Waals surface area contributed by atoms with E-state index in [-0.39, 0.29) is 36.5 Å². The van der Waals surface area contributed by atoms with E-state index in [0.29, 0.717) is 18.8 Å². The van der Waals surface area contributed by atoms with E-state index in [9.17, 15) is 4.79 Å². The zero-order valence-electron chi connectivity index (χ0n) is 18.9. The van der Waals surface area contributed by atoms with Gasteiger partial charge in [0.2, 0.25) is 0 Å². The van der Waals surface area contributed by atoms with Crippen molar-refractivity contribution in [2.75, 3.05) is 26.2 Å². The quantitative estimate of drug-likeness (QED) is 0.176. The molecule has 0 unspecified atom stereocenters. The second-order valence-electron chi connectivity index (χ2n) is 7.02. The van der Waals surface area contributed by atoms with Crippen LogP contribution < -0.4 is 20.7 Å². The Hall–Kier alpha value is -2.30. The van der Waals surface area contributed by atoms with E-state index in [1.165, 1.54) is 5.69 Å². The fraction of sp³-hybridized carbons (Fsp3) is 0.500. The molecule has 1 aromatic heterocycles. The first-order valence-electron chi connectivity index (χ1n) is 10.5. The van der Waals surface area contributed by atoms with Crippen molar-refractivity contribution >= 4 is 35.8 Å². The average Bonchev–Trinajstić information content (AvgIpc) is 3.05. The number of hydrogen-bond acceptors (Lipinski definition) is 4. The first-order valence-corrected chi connectivity index (χ1v) is 10.5. The molecule has 0 saturated carbocycles. The molecule has 2 rings (SSSR count). The van der Waals surface area contributed by atoms with Gasteiger partial charge in [-0.15, -0.1) is 24.0 Å². The van der Waals surface area contributed by atoms with Crippen molar-refractivity contribution in [3.63, 3.8) is 0 Å². The molecule has 0 fully saturated rings. The first-order chi connectivity index (χ1) is 14.5. The van der Waals surface area contributed by atoms with Crippen LogP contribution in [0.5, 0.6) is 5.75 Å². The Morgan fingerprint density at radius 1 is 1.13 bits per heavy atom. The molecule has 3 N–H and O–H groups in total. The molecular formula is C22H35IN6O2. The van der Waals surface area contributed by atoms with Gasteiger partial charge in [0.1, 0.15) is 5.75 Å². The second-order valence-corrected chi connectivity index (χ2v) is 7.02. The lowest BCUT2D eigenvalue weighted by atomic mass is 10.2. The van der Waals surface area contributed by atoms with E-state index in [0.717, 1.165) is 43.3 Å². The third-order valence-corrected chi connectivity index (χ3v) is 4.35. The summed E-state index contributed by atoms with van der Waals surface area (Å²) in [5.41, 5.74) is 3.25. The van der Waals surface area contributed by atoms with Gasteiger partial charge in [0, 0.05) is 31.9 Å². The topological polar surface area (TPSA) is 92.6 Å². The molecule has 0 saturated heterocycles. The van der Waals surface area contributed by atoms with Gasteiger partial charge in [-0.3, -0.25) is 9.48 Å². The molecule has 0 radical (unpaired) electrons. The van der Waals surface area contributed by atoms with Crippen LogP contribution in [-0.2, 0) is 17.9 Å². The number of nitrogens with zero attached hydrogens (tertiary/aromatic N) is 3. The van der Waals surface area contributed by atoms with Gasteiger partial charge in [0.15, 0.2) is 12.6 Å². The van der Waals surface area contributed by atoms with Crippen LogP contribution >= 0.6 is 24.0 Å². The maximum Gasteiger partial charge on any atom is 0.257 e. The Morgan fingerprint density at radius 2 is 1.90 bits per heavy atom. The van der Waals surface area contributed by atoms with Gasteiger partial charge in [-0.1, -0.05) is 12.1 Å². The molecule has 2 aromatic rings. The van der Waals surface area contributed by atoms with E-state index in [2.05, 4.69) is 39.0 Å². The largest absolute Gasteiger partial charge is 0.484 e. The number of guanidine groups is 1. The minimum absolute atomic E-state index is 0. The predicted octanol–water partition coefficient (Wildman–Crippen LogP) is 2.78. The fourth-order valence-electron chi connectivity index (χ4n) is 2.98. The number of rotatable bonds is 11. The number of nitrogens with one attached hydrogen (secondary N) is 3. The van der Waals surface area contributed by atoms with Gasteiger partial charge in [-0.2, -0.15) is 5.10 Å². The number of benzene rings is 1. The summed E-state index contributed by atoms with van der Waals surface area (Å²) in [6, 6.07) is 9.75. The molecule has 9 heteroatoms. The molecule has 0 atom stereocenters. The highest BCUT2D eigenvalue weighted by atomic mass is 127. The summed E-state index contributed by atoms with van der Waals surface area (Å²) >= 11 is 0. The van der Waals surface area contributed by atoms with Crippen LogP contribution in [0.25, 0.3) is 0 Å². The van der Waals surface area contributed by atoms with Crippen LogP contribution in [0.3, 0.4) is 0 Å². The first kappa shape index (κ1) is 26.7. The van der Waals surface area contributed by atoms with E-state index >= 15 is 0 Å². The molecule has 0 bridgehead atoms. The monoisotopic (exact) mass is 542 g/mol. The number of carbonyl (C=O) groups is 1. The third kappa shape index (κ3) is 10.0. The van der Waals surface area contributed by atoms with Crippen LogP contribution in [0.2, 0.25) is 0 Å². The molecule has 1 amide bonds. The SMILES string of the molecule is CCNC(=O)COc1cccc(CN=C(NCC)NCCCn2nc(C)cc2C)c1.I. The van der Waals surface area contributed by atoms with Crippen molar-refractivity contribution in [1.82, 2.24) is 25.7 Å². The Kier molecular flexibility index (Phi) is 12.6. The zero-order chi connectivity index (χ0) is 21.8. The van der Waals surface area contributed by atoms with Crippen molar-refractivity contribution in [3.05, 3.63) is 47.3 Å². The van der Waals surface area contributed by atoms with Gasteiger partial charge >= 0.3 is 0 Å². The summed E-state index contributed by atoms with van der Waals surface area (Å²) in [4.78, 5) is 16.2. The number of amides is 1. The molecular weight excluding hydrogens is 507 g/mol. The third-order valence-electron chi connectivity index (χ3n) is 4.35. The summed E-state index contributed by atoms with van der Waals surface area (Å²) in [6.07, 6.45) is 0.954. The number of aryl methyl sites for hydroxylation is 3. The Morgan fingerprint density at radius 3 is 2.58 bits per heavy atom. The zero-order valence-corrected chi connectivity index (χ0v) is 21.2. The molecule has 31 heavy (non-hydrogen) atoms. The number of likely N-dealkylation sites (N-methyl/N-ethyl adjacent to an activating group) is 1. The smallest absolute Gasteiger partial charge is 0.257 e. The summed E-state index contributed by atoms with van der Waals surface area (Å²) in [6.45, 7) is 11.6. The Balaban J connectivity index is 0.00000480. The number of ether oxygens (including phenoxy) is 1. The number of hydrogen-bond donors (Lipinski definition) is 3. The van der Waals surface area contributed by atoms with Crippen molar-refractivity contribution < 1.29 is 9.53 Å². The Bertz CT molecular complexity index is 837.